The lowest BCUT2D eigenvalue weighted by atomic mass is 10.1. The Kier molecular flexibility index (Phi) is 6.11. The standard InChI is InChI=1S/C22H19BrN2O3/c1-25(14-15-5-3-2-4-6-15)20-12-9-17(22(27)28)13-19(20)24-21(26)16-7-10-18(23)11-8-16/h2-13H,14H2,1H3,(H,24,26)(H,27,28). The van der Waals surface area contributed by atoms with Gasteiger partial charge in [0, 0.05) is 23.6 Å². The SMILES string of the molecule is CN(Cc1ccccc1)c1ccc(C(=O)O)cc1NC(=O)c1ccc(Br)cc1. The summed E-state index contributed by atoms with van der Waals surface area (Å²) < 4.78 is 0.875. The molecular formula is C22H19BrN2O3. The number of carboxylic acids is 1. The van der Waals surface area contributed by atoms with Crippen molar-refractivity contribution in [3.8, 4) is 0 Å². The van der Waals surface area contributed by atoms with Crippen molar-refractivity contribution < 1.29 is 14.7 Å². The van der Waals surface area contributed by atoms with Crippen molar-refractivity contribution in [1.82, 2.24) is 0 Å². The summed E-state index contributed by atoms with van der Waals surface area (Å²) in [6, 6.07) is 21.6. The number of carbonyl (C=O) groups is 2. The van der Waals surface area contributed by atoms with Crippen LogP contribution in [-0.4, -0.2) is 24.0 Å². The van der Waals surface area contributed by atoms with E-state index in [4.69, 9.17) is 0 Å². The predicted octanol–water partition coefficient (Wildman–Crippen LogP) is 5.04. The molecule has 0 spiro atoms. The molecule has 0 aliphatic carbocycles. The molecule has 0 saturated carbocycles. The summed E-state index contributed by atoms with van der Waals surface area (Å²) in [6.45, 7) is 0.619. The highest BCUT2D eigenvalue weighted by molar-refractivity contribution is 9.10. The number of hydrogen-bond donors (Lipinski definition) is 2. The first-order valence-electron chi connectivity index (χ1n) is 8.63. The summed E-state index contributed by atoms with van der Waals surface area (Å²) in [6.07, 6.45) is 0. The molecule has 0 unspecified atom stereocenters. The first kappa shape index (κ1) is 19.6. The van der Waals surface area contributed by atoms with Gasteiger partial charge in [0.15, 0.2) is 0 Å². The third-order valence-electron chi connectivity index (χ3n) is 4.27. The molecule has 0 aromatic heterocycles. The zero-order valence-corrected chi connectivity index (χ0v) is 16.8. The summed E-state index contributed by atoms with van der Waals surface area (Å²) in [5, 5.41) is 12.2. The minimum Gasteiger partial charge on any atom is -0.478 e. The van der Waals surface area contributed by atoms with E-state index in [-0.39, 0.29) is 11.5 Å². The number of carboxylic acid groups (broad SMARTS) is 1. The van der Waals surface area contributed by atoms with Gasteiger partial charge in [0.2, 0.25) is 0 Å². The summed E-state index contributed by atoms with van der Waals surface area (Å²) in [5.74, 6) is -1.35. The van der Waals surface area contributed by atoms with Gasteiger partial charge in [0.1, 0.15) is 0 Å². The van der Waals surface area contributed by atoms with Crippen LogP contribution in [0.25, 0.3) is 0 Å². The molecule has 0 radical (unpaired) electrons. The average molecular weight is 439 g/mol. The van der Waals surface area contributed by atoms with E-state index in [2.05, 4.69) is 21.2 Å². The largest absolute Gasteiger partial charge is 0.478 e. The van der Waals surface area contributed by atoms with Crippen LogP contribution in [0, 0.1) is 0 Å². The third kappa shape index (κ3) is 4.78. The van der Waals surface area contributed by atoms with E-state index in [0.29, 0.717) is 17.8 Å². The quantitative estimate of drug-likeness (QED) is 0.565. The highest BCUT2D eigenvalue weighted by atomic mass is 79.9. The lowest BCUT2D eigenvalue weighted by Gasteiger charge is -2.23. The molecule has 0 atom stereocenters. The number of anilines is 2. The minimum atomic E-state index is -1.04. The number of amides is 1. The van der Waals surface area contributed by atoms with Gasteiger partial charge in [0.25, 0.3) is 5.91 Å². The number of hydrogen-bond acceptors (Lipinski definition) is 3. The van der Waals surface area contributed by atoms with E-state index in [9.17, 15) is 14.7 Å². The van der Waals surface area contributed by atoms with Crippen molar-refractivity contribution in [1.29, 1.82) is 0 Å². The van der Waals surface area contributed by atoms with Crippen LogP contribution in [0.5, 0.6) is 0 Å². The van der Waals surface area contributed by atoms with Gasteiger partial charge >= 0.3 is 5.97 Å². The number of carbonyl (C=O) groups excluding carboxylic acids is 1. The fourth-order valence-corrected chi connectivity index (χ4v) is 3.10. The van der Waals surface area contributed by atoms with E-state index in [1.165, 1.54) is 12.1 Å². The Morgan fingerprint density at radius 3 is 2.25 bits per heavy atom. The Hall–Kier alpha value is -3.12. The van der Waals surface area contributed by atoms with E-state index in [0.717, 1.165) is 15.7 Å². The van der Waals surface area contributed by atoms with Crippen LogP contribution >= 0.6 is 15.9 Å². The lowest BCUT2D eigenvalue weighted by molar-refractivity contribution is 0.0696. The second kappa shape index (κ2) is 8.71. The van der Waals surface area contributed by atoms with E-state index >= 15 is 0 Å². The fraction of sp³-hybridized carbons (Fsp3) is 0.0909. The first-order valence-corrected chi connectivity index (χ1v) is 9.42. The Balaban J connectivity index is 1.90. The Bertz CT molecular complexity index is 988. The maximum Gasteiger partial charge on any atom is 0.335 e. The predicted molar refractivity (Wildman–Crippen MR) is 114 cm³/mol. The smallest absolute Gasteiger partial charge is 0.335 e. The van der Waals surface area contributed by atoms with Crippen LogP contribution in [0.2, 0.25) is 0 Å². The van der Waals surface area contributed by atoms with Gasteiger partial charge in [-0.2, -0.15) is 0 Å². The van der Waals surface area contributed by atoms with Crippen molar-refractivity contribution >= 4 is 39.2 Å². The summed E-state index contributed by atoms with van der Waals surface area (Å²) in [4.78, 5) is 26.0. The third-order valence-corrected chi connectivity index (χ3v) is 4.80. The molecule has 142 valence electrons. The molecule has 28 heavy (non-hydrogen) atoms. The number of benzene rings is 3. The molecule has 3 aromatic rings. The average Bonchev–Trinajstić information content (AvgIpc) is 2.69. The van der Waals surface area contributed by atoms with Gasteiger partial charge < -0.3 is 15.3 Å². The zero-order valence-electron chi connectivity index (χ0n) is 15.2. The molecule has 0 fully saturated rings. The second-order valence-electron chi connectivity index (χ2n) is 6.34. The van der Waals surface area contributed by atoms with Gasteiger partial charge in [-0.25, -0.2) is 4.79 Å². The number of aromatic carboxylic acids is 1. The normalized spacial score (nSPS) is 10.4. The van der Waals surface area contributed by atoms with Gasteiger partial charge in [-0.15, -0.1) is 0 Å². The van der Waals surface area contributed by atoms with Crippen molar-refractivity contribution in [2.45, 2.75) is 6.54 Å². The Morgan fingerprint density at radius 2 is 1.61 bits per heavy atom. The maximum absolute atomic E-state index is 12.6. The van der Waals surface area contributed by atoms with Gasteiger partial charge in [-0.1, -0.05) is 46.3 Å². The molecule has 0 bridgehead atoms. The first-order chi connectivity index (χ1) is 13.4. The van der Waals surface area contributed by atoms with Crippen LogP contribution < -0.4 is 10.2 Å². The van der Waals surface area contributed by atoms with E-state index in [1.54, 1.807) is 30.3 Å². The summed E-state index contributed by atoms with van der Waals surface area (Å²) >= 11 is 3.35. The Morgan fingerprint density at radius 1 is 0.964 bits per heavy atom. The maximum atomic E-state index is 12.6. The van der Waals surface area contributed by atoms with Crippen molar-refractivity contribution in [2.75, 3.05) is 17.3 Å². The van der Waals surface area contributed by atoms with Gasteiger partial charge in [-0.3, -0.25) is 4.79 Å². The fourth-order valence-electron chi connectivity index (χ4n) is 2.84. The van der Waals surface area contributed by atoms with E-state index < -0.39 is 5.97 Å². The molecule has 0 heterocycles. The number of nitrogens with one attached hydrogen (secondary N) is 1. The topological polar surface area (TPSA) is 69.6 Å². The molecule has 1 amide bonds. The molecule has 5 nitrogen and oxygen atoms in total. The molecule has 0 aliphatic rings. The second-order valence-corrected chi connectivity index (χ2v) is 7.26. The van der Waals surface area contributed by atoms with Crippen molar-refractivity contribution in [3.63, 3.8) is 0 Å². The van der Waals surface area contributed by atoms with Crippen molar-refractivity contribution in [3.05, 3.63) is 94.0 Å². The highest BCUT2D eigenvalue weighted by Gasteiger charge is 2.15. The van der Waals surface area contributed by atoms with E-state index in [1.807, 2.05) is 42.3 Å². The van der Waals surface area contributed by atoms with Crippen LogP contribution in [-0.2, 0) is 6.54 Å². The van der Waals surface area contributed by atoms with Crippen LogP contribution in [0.1, 0.15) is 26.3 Å². The van der Waals surface area contributed by atoms with Crippen LogP contribution in [0.3, 0.4) is 0 Å². The van der Waals surface area contributed by atoms with Crippen LogP contribution in [0.4, 0.5) is 11.4 Å². The molecule has 0 saturated heterocycles. The molecule has 0 aliphatic heterocycles. The zero-order chi connectivity index (χ0) is 20.1. The molecule has 3 aromatic carbocycles. The van der Waals surface area contributed by atoms with Crippen LogP contribution in [0.15, 0.2) is 77.3 Å². The lowest BCUT2D eigenvalue weighted by Crippen LogP contribution is -2.20. The molecule has 3 rings (SSSR count). The summed E-state index contributed by atoms with van der Waals surface area (Å²) in [7, 11) is 1.90. The number of nitrogens with zero attached hydrogens (tertiary/aromatic N) is 1. The highest BCUT2D eigenvalue weighted by Crippen LogP contribution is 2.28. The summed E-state index contributed by atoms with van der Waals surface area (Å²) in [5.41, 5.74) is 2.90. The number of rotatable bonds is 6. The molecule has 2 N–H and O–H groups in total. The Labute approximate surface area is 171 Å². The van der Waals surface area contributed by atoms with Gasteiger partial charge in [-0.05, 0) is 48.0 Å². The minimum absolute atomic E-state index is 0.114. The molecule has 6 heteroatoms. The monoisotopic (exact) mass is 438 g/mol. The molecular weight excluding hydrogens is 420 g/mol. The van der Waals surface area contributed by atoms with Gasteiger partial charge in [0.05, 0.1) is 16.9 Å². The number of halogens is 1. The van der Waals surface area contributed by atoms with Crippen molar-refractivity contribution in [2.24, 2.45) is 0 Å².